The molecule has 0 amide bonds. The van der Waals surface area contributed by atoms with Gasteiger partial charge in [0.15, 0.2) is 6.29 Å². The molecule has 66 valence electrons. The highest BCUT2D eigenvalue weighted by Crippen LogP contribution is 2.25. The molecule has 1 aliphatic heterocycles. The summed E-state index contributed by atoms with van der Waals surface area (Å²) in [7, 11) is 0. The molecule has 0 saturated carbocycles. The number of aliphatic hydroxyl groups excluding tert-OH is 2. The number of aliphatic hydroxyl groups is 2. The lowest BCUT2D eigenvalue weighted by molar-refractivity contribution is -0.216. The smallest absolute Gasteiger partial charge is 0.155 e. The normalized spacial score (nSPS) is 45.8. The van der Waals surface area contributed by atoms with Crippen molar-refractivity contribution in [2.75, 3.05) is 0 Å². The second-order valence-corrected chi connectivity index (χ2v) is 3.24. The third kappa shape index (κ3) is 1.92. The molecule has 0 aromatic rings. The van der Waals surface area contributed by atoms with E-state index in [-0.39, 0.29) is 12.0 Å². The third-order valence-corrected chi connectivity index (χ3v) is 2.27. The van der Waals surface area contributed by atoms with Crippen LogP contribution in [0.15, 0.2) is 0 Å². The van der Waals surface area contributed by atoms with Crippen molar-refractivity contribution in [3.8, 4) is 0 Å². The van der Waals surface area contributed by atoms with Crippen LogP contribution in [0.4, 0.5) is 0 Å². The molecule has 1 saturated heterocycles. The first-order chi connectivity index (χ1) is 5.15. The summed E-state index contributed by atoms with van der Waals surface area (Å²) in [6, 6.07) is 0. The molecule has 1 aliphatic rings. The van der Waals surface area contributed by atoms with Gasteiger partial charge < -0.3 is 14.9 Å². The molecule has 3 heteroatoms. The summed E-state index contributed by atoms with van der Waals surface area (Å²) in [5, 5.41) is 18.7. The summed E-state index contributed by atoms with van der Waals surface area (Å²) < 4.78 is 5.12. The topological polar surface area (TPSA) is 49.7 Å². The molecule has 2 N–H and O–H groups in total. The monoisotopic (exact) mass is 160 g/mol. The Balaban J connectivity index is 2.51. The van der Waals surface area contributed by atoms with Crippen LogP contribution in [0.1, 0.15) is 26.7 Å². The third-order valence-electron chi connectivity index (χ3n) is 2.27. The van der Waals surface area contributed by atoms with Crippen LogP contribution in [0.3, 0.4) is 0 Å². The van der Waals surface area contributed by atoms with Gasteiger partial charge in [-0.25, -0.2) is 0 Å². The minimum atomic E-state index is -0.682. The molecule has 1 rings (SSSR count). The van der Waals surface area contributed by atoms with Gasteiger partial charge in [0.25, 0.3) is 0 Å². The molecule has 1 heterocycles. The Morgan fingerprint density at radius 2 is 2.09 bits per heavy atom. The molecule has 1 fully saturated rings. The van der Waals surface area contributed by atoms with Gasteiger partial charge in [-0.1, -0.05) is 13.8 Å². The summed E-state index contributed by atoms with van der Waals surface area (Å²) in [5.74, 6) is 0.142. The Bertz CT molecular complexity index is 127. The van der Waals surface area contributed by atoms with E-state index in [9.17, 15) is 5.11 Å². The average molecular weight is 160 g/mol. The van der Waals surface area contributed by atoms with E-state index < -0.39 is 12.4 Å². The second-order valence-electron chi connectivity index (χ2n) is 3.24. The van der Waals surface area contributed by atoms with E-state index in [0.717, 1.165) is 6.42 Å². The second kappa shape index (κ2) is 3.52. The largest absolute Gasteiger partial charge is 0.390 e. The zero-order valence-corrected chi connectivity index (χ0v) is 7.03. The molecule has 0 aromatic carbocycles. The predicted octanol–water partition coefficient (Wildman–Crippen LogP) is 0.501. The van der Waals surface area contributed by atoms with Crippen molar-refractivity contribution >= 4 is 0 Å². The molecule has 0 aromatic heterocycles. The highest BCUT2D eigenvalue weighted by Gasteiger charge is 2.32. The van der Waals surface area contributed by atoms with Crippen LogP contribution in [-0.4, -0.2) is 28.7 Å². The molecule has 3 nitrogen and oxygen atoms in total. The summed E-state index contributed by atoms with van der Waals surface area (Å²) in [4.78, 5) is 0. The molecule has 0 aliphatic carbocycles. The Hall–Kier alpha value is -0.120. The maximum Gasteiger partial charge on any atom is 0.155 e. The van der Waals surface area contributed by atoms with Crippen LogP contribution in [-0.2, 0) is 4.74 Å². The highest BCUT2D eigenvalue weighted by molar-refractivity contribution is 4.78. The number of hydrogen-bond donors (Lipinski definition) is 2. The zero-order chi connectivity index (χ0) is 8.43. The summed E-state index contributed by atoms with van der Waals surface area (Å²) >= 11 is 0. The Labute approximate surface area is 67.0 Å². The first-order valence-corrected chi connectivity index (χ1v) is 4.16. The standard InChI is InChI=1S/C8H16O3/c1-3-6-8(10)5(2)4-7(9)11-6/h5-10H,3-4H2,1-2H3/t5-,6-,7?,8-/m1/s1. The van der Waals surface area contributed by atoms with Crippen LogP contribution in [0, 0.1) is 5.92 Å². The van der Waals surface area contributed by atoms with E-state index in [1.54, 1.807) is 0 Å². The first kappa shape index (κ1) is 8.97. The van der Waals surface area contributed by atoms with Crippen LogP contribution < -0.4 is 0 Å². The Morgan fingerprint density at radius 1 is 1.45 bits per heavy atom. The molecular weight excluding hydrogens is 144 g/mol. The van der Waals surface area contributed by atoms with Gasteiger partial charge in [-0.15, -0.1) is 0 Å². The number of rotatable bonds is 1. The Kier molecular flexibility index (Phi) is 2.87. The average Bonchev–Trinajstić information content (AvgIpc) is 1.96. The highest BCUT2D eigenvalue weighted by atomic mass is 16.6. The van der Waals surface area contributed by atoms with Gasteiger partial charge in [-0.2, -0.15) is 0 Å². The zero-order valence-electron chi connectivity index (χ0n) is 7.03. The van der Waals surface area contributed by atoms with Crippen molar-refractivity contribution in [3.05, 3.63) is 0 Å². The maximum absolute atomic E-state index is 9.52. The van der Waals surface area contributed by atoms with Crippen molar-refractivity contribution in [1.82, 2.24) is 0 Å². The van der Waals surface area contributed by atoms with Crippen LogP contribution in [0.2, 0.25) is 0 Å². The lowest BCUT2D eigenvalue weighted by Gasteiger charge is -2.35. The van der Waals surface area contributed by atoms with Gasteiger partial charge >= 0.3 is 0 Å². The van der Waals surface area contributed by atoms with E-state index in [1.807, 2.05) is 13.8 Å². The predicted molar refractivity (Wildman–Crippen MR) is 41.0 cm³/mol. The number of hydrogen-bond acceptors (Lipinski definition) is 3. The quantitative estimate of drug-likeness (QED) is 0.587. The molecule has 11 heavy (non-hydrogen) atoms. The van der Waals surface area contributed by atoms with E-state index in [1.165, 1.54) is 0 Å². The van der Waals surface area contributed by atoms with Crippen molar-refractivity contribution < 1.29 is 14.9 Å². The number of ether oxygens (including phenoxy) is 1. The van der Waals surface area contributed by atoms with Gasteiger partial charge in [0.2, 0.25) is 0 Å². The van der Waals surface area contributed by atoms with Crippen molar-refractivity contribution in [2.24, 2.45) is 5.92 Å². The maximum atomic E-state index is 9.52. The molecule has 1 unspecified atom stereocenters. The SMILES string of the molecule is CC[C@H]1OC(O)C[C@@H](C)[C@H]1O. The van der Waals surface area contributed by atoms with Crippen molar-refractivity contribution in [2.45, 2.75) is 45.2 Å². The fourth-order valence-corrected chi connectivity index (χ4v) is 1.50. The molecule has 4 atom stereocenters. The summed E-state index contributed by atoms with van der Waals surface area (Å²) in [6.45, 7) is 3.87. The first-order valence-electron chi connectivity index (χ1n) is 4.16. The summed E-state index contributed by atoms with van der Waals surface area (Å²) in [6.07, 6.45) is 0.00995. The van der Waals surface area contributed by atoms with Gasteiger partial charge in [0.05, 0.1) is 12.2 Å². The van der Waals surface area contributed by atoms with E-state index in [2.05, 4.69) is 0 Å². The van der Waals surface area contributed by atoms with Crippen LogP contribution in [0.5, 0.6) is 0 Å². The summed E-state index contributed by atoms with van der Waals surface area (Å²) in [5.41, 5.74) is 0. The molecule has 0 bridgehead atoms. The molecule has 0 radical (unpaired) electrons. The van der Waals surface area contributed by atoms with Crippen LogP contribution in [0.25, 0.3) is 0 Å². The Morgan fingerprint density at radius 3 is 2.64 bits per heavy atom. The fraction of sp³-hybridized carbons (Fsp3) is 1.00. The van der Waals surface area contributed by atoms with Crippen LogP contribution >= 0.6 is 0 Å². The van der Waals surface area contributed by atoms with Gasteiger partial charge in [-0.05, 0) is 12.3 Å². The van der Waals surface area contributed by atoms with Gasteiger partial charge in [-0.3, -0.25) is 0 Å². The molecule has 0 spiro atoms. The molecular formula is C8H16O3. The van der Waals surface area contributed by atoms with E-state index >= 15 is 0 Å². The van der Waals surface area contributed by atoms with E-state index in [4.69, 9.17) is 9.84 Å². The van der Waals surface area contributed by atoms with Crippen molar-refractivity contribution in [3.63, 3.8) is 0 Å². The lowest BCUT2D eigenvalue weighted by atomic mass is 9.92. The van der Waals surface area contributed by atoms with Gasteiger partial charge in [0, 0.05) is 6.42 Å². The fourth-order valence-electron chi connectivity index (χ4n) is 1.50. The lowest BCUT2D eigenvalue weighted by Crippen LogP contribution is -2.43. The van der Waals surface area contributed by atoms with Crippen molar-refractivity contribution in [1.29, 1.82) is 0 Å². The minimum Gasteiger partial charge on any atom is -0.390 e. The van der Waals surface area contributed by atoms with Gasteiger partial charge in [0.1, 0.15) is 0 Å². The minimum absolute atomic E-state index is 0.142. The van der Waals surface area contributed by atoms with E-state index in [0.29, 0.717) is 6.42 Å².